The Morgan fingerprint density at radius 1 is 1.04 bits per heavy atom. The molecule has 1 saturated carbocycles. The van der Waals surface area contributed by atoms with Gasteiger partial charge in [0.15, 0.2) is 0 Å². The monoisotopic (exact) mass is 362 g/mol. The maximum atomic E-state index is 4.63. The summed E-state index contributed by atoms with van der Waals surface area (Å²) in [4.78, 5) is 7.38. The van der Waals surface area contributed by atoms with E-state index in [-0.39, 0.29) is 0 Å². The Hall–Kier alpha value is -1.71. The predicted molar refractivity (Wildman–Crippen MR) is 111 cm³/mol. The molecule has 26 heavy (non-hydrogen) atoms. The van der Waals surface area contributed by atoms with Gasteiger partial charge in [-0.25, -0.2) is 4.98 Å². The third-order valence-electron chi connectivity index (χ3n) is 6.40. The van der Waals surface area contributed by atoms with Crippen LogP contribution in [0.2, 0.25) is 0 Å². The van der Waals surface area contributed by atoms with E-state index < -0.39 is 0 Å². The van der Waals surface area contributed by atoms with Gasteiger partial charge in [0.25, 0.3) is 0 Å². The van der Waals surface area contributed by atoms with Crippen molar-refractivity contribution in [2.75, 3.05) is 6.54 Å². The first-order chi connectivity index (χ1) is 12.7. The van der Waals surface area contributed by atoms with Crippen LogP contribution in [0.5, 0.6) is 0 Å². The van der Waals surface area contributed by atoms with Crippen molar-refractivity contribution in [3.8, 4) is 11.1 Å². The first kappa shape index (κ1) is 16.5. The molecule has 0 spiro atoms. The molecule has 2 nitrogen and oxygen atoms in total. The minimum Gasteiger partial charge on any atom is -0.298 e. The molecule has 0 unspecified atom stereocenters. The zero-order valence-corrected chi connectivity index (χ0v) is 16.4. The van der Waals surface area contributed by atoms with Crippen molar-refractivity contribution in [1.82, 2.24) is 9.88 Å². The minimum absolute atomic E-state index is 0.755. The summed E-state index contributed by atoms with van der Waals surface area (Å²) in [7, 11) is 0. The number of nitrogens with zero attached hydrogens (tertiary/aromatic N) is 2. The fourth-order valence-corrected chi connectivity index (χ4v) is 5.61. The van der Waals surface area contributed by atoms with E-state index in [0.29, 0.717) is 0 Å². The number of fused-ring (bicyclic) bond motifs is 1. The predicted octanol–water partition coefficient (Wildman–Crippen LogP) is 6.00. The van der Waals surface area contributed by atoms with E-state index in [4.69, 9.17) is 0 Å². The van der Waals surface area contributed by atoms with Gasteiger partial charge < -0.3 is 0 Å². The maximum Gasteiger partial charge on any atom is 0.0907 e. The fraction of sp³-hybridized carbons (Fsp3) is 0.435. The highest BCUT2D eigenvalue weighted by molar-refractivity contribution is 7.18. The van der Waals surface area contributed by atoms with Gasteiger partial charge in [0.1, 0.15) is 0 Å². The quantitative estimate of drug-likeness (QED) is 0.568. The second-order valence-electron chi connectivity index (χ2n) is 8.09. The second-order valence-corrected chi connectivity index (χ2v) is 9.32. The lowest BCUT2D eigenvalue weighted by molar-refractivity contribution is 0.103. The number of rotatable bonds is 3. The topological polar surface area (TPSA) is 16.1 Å². The van der Waals surface area contributed by atoms with Crippen LogP contribution in [0.25, 0.3) is 21.3 Å². The summed E-state index contributed by atoms with van der Waals surface area (Å²) < 4.78 is 1.28. The SMILES string of the molecule is Cc1nc2cc(-c3ccc(C4CC(N5CCC[C@H]5C)C4)cc3)ccc2s1. The van der Waals surface area contributed by atoms with Gasteiger partial charge in [0, 0.05) is 12.1 Å². The Kier molecular flexibility index (Phi) is 4.10. The molecule has 1 aromatic heterocycles. The molecule has 0 N–H and O–H groups in total. The van der Waals surface area contributed by atoms with Gasteiger partial charge >= 0.3 is 0 Å². The molecular weight excluding hydrogens is 336 g/mol. The van der Waals surface area contributed by atoms with Gasteiger partial charge in [-0.1, -0.05) is 30.3 Å². The van der Waals surface area contributed by atoms with Crippen molar-refractivity contribution in [1.29, 1.82) is 0 Å². The molecule has 2 aromatic carbocycles. The lowest BCUT2D eigenvalue weighted by Gasteiger charge is -2.43. The van der Waals surface area contributed by atoms with Crippen LogP contribution >= 0.6 is 11.3 Å². The highest BCUT2D eigenvalue weighted by Gasteiger charge is 2.37. The maximum absolute atomic E-state index is 4.63. The van der Waals surface area contributed by atoms with Gasteiger partial charge in [-0.05, 0) is 80.8 Å². The van der Waals surface area contributed by atoms with Gasteiger partial charge in [0.05, 0.1) is 15.2 Å². The fourth-order valence-electron chi connectivity index (χ4n) is 4.80. The van der Waals surface area contributed by atoms with Gasteiger partial charge in [-0.15, -0.1) is 11.3 Å². The van der Waals surface area contributed by atoms with E-state index in [9.17, 15) is 0 Å². The van der Waals surface area contributed by atoms with E-state index in [2.05, 4.69) is 66.2 Å². The summed E-state index contributed by atoms with van der Waals surface area (Å²) in [6.07, 6.45) is 5.46. The molecule has 1 atom stereocenters. The number of hydrogen-bond acceptors (Lipinski definition) is 3. The van der Waals surface area contributed by atoms with Crippen molar-refractivity contribution in [3.05, 3.63) is 53.0 Å². The van der Waals surface area contributed by atoms with E-state index in [0.717, 1.165) is 28.5 Å². The lowest BCUT2D eigenvalue weighted by atomic mass is 9.74. The van der Waals surface area contributed by atoms with Crippen LogP contribution in [-0.4, -0.2) is 28.5 Å². The smallest absolute Gasteiger partial charge is 0.0907 e. The first-order valence-corrected chi connectivity index (χ1v) is 10.7. The van der Waals surface area contributed by atoms with Crippen LogP contribution in [-0.2, 0) is 0 Å². The van der Waals surface area contributed by atoms with Crippen LogP contribution in [0.4, 0.5) is 0 Å². The standard InChI is InChI=1S/C23H26N2S/c1-15-4-3-11-25(15)21-12-20(13-21)18-7-5-17(6-8-18)19-9-10-23-22(14-19)24-16(2)26-23/h5-10,14-15,20-21H,3-4,11-13H2,1-2H3/t15-,20?,21?/m1/s1. The Morgan fingerprint density at radius 2 is 1.81 bits per heavy atom. The molecule has 2 heterocycles. The Balaban J connectivity index is 1.30. The molecule has 3 heteroatoms. The Morgan fingerprint density at radius 3 is 2.54 bits per heavy atom. The molecule has 0 radical (unpaired) electrons. The van der Waals surface area contributed by atoms with Gasteiger partial charge in [-0.2, -0.15) is 0 Å². The van der Waals surface area contributed by atoms with E-state index >= 15 is 0 Å². The summed E-state index contributed by atoms with van der Waals surface area (Å²) in [5.41, 5.74) is 5.20. The first-order valence-electron chi connectivity index (χ1n) is 9.90. The summed E-state index contributed by atoms with van der Waals surface area (Å²) in [5, 5.41) is 1.14. The highest BCUT2D eigenvalue weighted by atomic mass is 32.1. The number of hydrogen-bond donors (Lipinski definition) is 0. The third kappa shape index (κ3) is 2.87. The van der Waals surface area contributed by atoms with Crippen LogP contribution in [0.15, 0.2) is 42.5 Å². The number of aromatic nitrogens is 1. The number of thiazole rings is 1. The molecule has 1 aliphatic heterocycles. The molecule has 3 aromatic rings. The zero-order chi connectivity index (χ0) is 17.7. The normalized spacial score (nSPS) is 26.3. The largest absolute Gasteiger partial charge is 0.298 e. The average Bonchev–Trinajstić information content (AvgIpc) is 3.18. The molecule has 5 rings (SSSR count). The molecule has 1 aliphatic carbocycles. The van der Waals surface area contributed by atoms with E-state index in [1.54, 1.807) is 11.3 Å². The highest BCUT2D eigenvalue weighted by Crippen LogP contribution is 2.42. The van der Waals surface area contributed by atoms with Gasteiger partial charge in [0.2, 0.25) is 0 Å². The van der Waals surface area contributed by atoms with Crippen LogP contribution in [0.1, 0.15) is 49.1 Å². The average molecular weight is 363 g/mol. The number of aryl methyl sites for hydroxylation is 1. The van der Waals surface area contributed by atoms with Crippen LogP contribution in [0.3, 0.4) is 0 Å². The van der Waals surface area contributed by atoms with Gasteiger partial charge in [-0.3, -0.25) is 4.90 Å². The molecule has 2 fully saturated rings. The number of likely N-dealkylation sites (tertiary alicyclic amines) is 1. The Labute approximate surface area is 159 Å². The van der Waals surface area contributed by atoms with E-state index in [1.165, 1.54) is 53.6 Å². The second kappa shape index (κ2) is 6.47. The summed E-state index contributed by atoms with van der Waals surface area (Å²) in [5.74, 6) is 0.755. The van der Waals surface area contributed by atoms with Crippen molar-refractivity contribution < 1.29 is 0 Å². The van der Waals surface area contributed by atoms with Crippen LogP contribution < -0.4 is 0 Å². The van der Waals surface area contributed by atoms with Crippen molar-refractivity contribution >= 4 is 21.6 Å². The Bertz CT molecular complexity index is 921. The molecule has 1 saturated heterocycles. The zero-order valence-electron chi connectivity index (χ0n) is 15.6. The lowest BCUT2D eigenvalue weighted by Crippen LogP contribution is -2.45. The molecule has 0 bridgehead atoms. The molecule has 0 amide bonds. The van der Waals surface area contributed by atoms with E-state index in [1.807, 2.05) is 0 Å². The molecular formula is C23H26N2S. The number of benzene rings is 2. The summed E-state index contributed by atoms with van der Waals surface area (Å²) >= 11 is 1.77. The summed E-state index contributed by atoms with van der Waals surface area (Å²) in [6.45, 7) is 5.79. The minimum atomic E-state index is 0.755. The van der Waals surface area contributed by atoms with Crippen molar-refractivity contribution in [2.24, 2.45) is 0 Å². The third-order valence-corrected chi connectivity index (χ3v) is 7.35. The van der Waals surface area contributed by atoms with Crippen molar-refractivity contribution in [2.45, 2.75) is 57.5 Å². The van der Waals surface area contributed by atoms with Crippen LogP contribution in [0, 0.1) is 6.92 Å². The summed E-state index contributed by atoms with van der Waals surface area (Å²) in [6, 6.07) is 17.6. The van der Waals surface area contributed by atoms with Crippen molar-refractivity contribution in [3.63, 3.8) is 0 Å². The molecule has 2 aliphatic rings. The molecule has 134 valence electrons.